The van der Waals surface area contributed by atoms with Crippen LogP contribution in [0.15, 0.2) is 243 Å². The molecule has 0 aliphatic heterocycles. The minimum Gasteiger partial charge on any atom is -0.310 e. The Kier molecular flexibility index (Phi) is 8.53. The lowest BCUT2D eigenvalue weighted by Gasteiger charge is -2.27. The van der Waals surface area contributed by atoms with Crippen molar-refractivity contribution in [3.8, 4) is 39.1 Å². The van der Waals surface area contributed by atoms with Gasteiger partial charge >= 0.3 is 0 Å². The van der Waals surface area contributed by atoms with Gasteiger partial charge in [-0.25, -0.2) is 0 Å². The maximum absolute atomic E-state index is 2.45. The molecule has 11 aromatic carbocycles. The summed E-state index contributed by atoms with van der Waals surface area (Å²) in [5.74, 6) is 0. The number of fused-ring (bicyclic) bond motifs is 7. The molecule has 0 atom stereocenters. The summed E-state index contributed by atoms with van der Waals surface area (Å²) < 4.78 is 2.45. The Morgan fingerprint density at radius 2 is 0.887 bits per heavy atom. The van der Waals surface area contributed by atoms with Crippen molar-refractivity contribution in [1.29, 1.82) is 0 Å². The van der Waals surface area contributed by atoms with Crippen LogP contribution in [0.1, 0.15) is 0 Å². The first kappa shape index (κ1) is 35.7. The third kappa shape index (κ3) is 6.04. The van der Waals surface area contributed by atoms with Crippen LogP contribution in [0.2, 0.25) is 0 Å². The standard InChI is InChI=1S/C60H40N2/c1-3-15-43(16-4-1)56-25-12-26-57-59-55(24-13-27-58(59)62(60(56)57)49-20-5-2-6-21-49)47-19-11-22-51(39-47)61(52-36-37-54-48(40-52)31-29-44-17-9-10-23-53(44)54)50-34-32-42(33-35-50)46-30-28-41-14-7-8-18-45(41)38-46/h1-40H. The van der Waals surface area contributed by atoms with Crippen LogP contribution >= 0.6 is 0 Å². The molecule has 0 aliphatic rings. The van der Waals surface area contributed by atoms with Gasteiger partial charge in [0.2, 0.25) is 0 Å². The van der Waals surface area contributed by atoms with Crippen molar-refractivity contribution in [2.24, 2.45) is 0 Å². The molecule has 1 aromatic heterocycles. The molecule has 12 aromatic rings. The Bertz CT molecular complexity index is 3620. The molecule has 2 nitrogen and oxygen atoms in total. The number of benzene rings is 11. The van der Waals surface area contributed by atoms with Crippen molar-refractivity contribution >= 4 is 71.2 Å². The van der Waals surface area contributed by atoms with E-state index in [9.17, 15) is 0 Å². The molecule has 290 valence electrons. The van der Waals surface area contributed by atoms with Crippen molar-refractivity contribution < 1.29 is 0 Å². The van der Waals surface area contributed by atoms with E-state index >= 15 is 0 Å². The van der Waals surface area contributed by atoms with Crippen molar-refractivity contribution in [2.45, 2.75) is 0 Å². The third-order valence-electron chi connectivity index (χ3n) is 12.5. The molecule has 0 N–H and O–H groups in total. The number of para-hydroxylation sites is 2. The molecule has 12 rings (SSSR count). The number of hydrogen-bond donors (Lipinski definition) is 0. The summed E-state index contributed by atoms with van der Waals surface area (Å²) in [6, 6.07) is 88.5. The zero-order valence-electron chi connectivity index (χ0n) is 34.0. The highest BCUT2D eigenvalue weighted by atomic mass is 15.1. The second-order valence-corrected chi connectivity index (χ2v) is 16.1. The average Bonchev–Trinajstić information content (AvgIpc) is 3.70. The fourth-order valence-corrected chi connectivity index (χ4v) is 9.62. The maximum Gasteiger partial charge on any atom is 0.0619 e. The highest BCUT2D eigenvalue weighted by molar-refractivity contribution is 6.19. The van der Waals surface area contributed by atoms with Crippen molar-refractivity contribution in [1.82, 2.24) is 4.57 Å². The van der Waals surface area contributed by atoms with Crippen LogP contribution in [0.4, 0.5) is 17.1 Å². The first-order valence-corrected chi connectivity index (χ1v) is 21.3. The summed E-state index contributed by atoms with van der Waals surface area (Å²) in [6.07, 6.45) is 0. The normalized spacial score (nSPS) is 11.5. The number of rotatable bonds is 7. The molecule has 0 unspecified atom stereocenters. The van der Waals surface area contributed by atoms with E-state index < -0.39 is 0 Å². The fraction of sp³-hybridized carbons (Fsp3) is 0. The van der Waals surface area contributed by atoms with Gasteiger partial charge in [0.1, 0.15) is 0 Å². The van der Waals surface area contributed by atoms with E-state index in [1.807, 2.05) is 0 Å². The van der Waals surface area contributed by atoms with E-state index in [4.69, 9.17) is 0 Å². The molecule has 0 bridgehead atoms. The summed E-state index contributed by atoms with van der Waals surface area (Å²) in [5.41, 5.74) is 14.0. The van der Waals surface area contributed by atoms with E-state index in [1.54, 1.807) is 0 Å². The van der Waals surface area contributed by atoms with Gasteiger partial charge in [-0.3, -0.25) is 0 Å². The van der Waals surface area contributed by atoms with Gasteiger partial charge in [0.05, 0.1) is 11.0 Å². The second kappa shape index (κ2) is 14.8. The summed E-state index contributed by atoms with van der Waals surface area (Å²) in [7, 11) is 0. The third-order valence-corrected chi connectivity index (χ3v) is 12.5. The lowest BCUT2D eigenvalue weighted by molar-refractivity contribution is 1.18. The lowest BCUT2D eigenvalue weighted by atomic mass is 9.96. The maximum atomic E-state index is 2.45. The van der Waals surface area contributed by atoms with Crippen LogP contribution in [-0.2, 0) is 0 Å². The molecule has 0 fully saturated rings. The van der Waals surface area contributed by atoms with Crippen molar-refractivity contribution in [3.63, 3.8) is 0 Å². The Morgan fingerprint density at radius 1 is 0.290 bits per heavy atom. The van der Waals surface area contributed by atoms with Crippen LogP contribution in [0.25, 0.3) is 93.2 Å². The Labute approximate surface area is 360 Å². The Morgan fingerprint density at radius 3 is 1.74 bits per heavy atom. The molecule has 2 heteroatoms. The Hall–Kier alpha value is -8.20. The number of aromatic nitrogens is 1. The molecule has 0 aliphatic carbocycles. The van der Waals surface area contributed by atoms with Crippen LogP contribution in [0.5, 0.6) is 0 Å². The van der Waals surface area contributed by atoms with Crippen molar-refractivity contribution in [2.75, 3.05) is 4.90 Å². The van der Waals surface area contributed by atoms with E-state index in [0.29, 0.717) is 0 Å². The lowest BCUT2D eigenvalue weighted by Crippen LogP contribution is -2.10. The van der Waals surface area contributed by atoms with E-state index in [-0.39, 0.29) is 0 Å². The SMILES string of the molecule is c1ccc(-c2cccc3c4c(-c5cccc(N(c6ccc(-c7ccc8ccccc8c7)cc6)c6ccc7c(ccc8ccccc87)c6)c5)cccc4n(-c4ccccc4)c23)cc1. The van der Waals surface area contributed by atoms with Crippen LogP contribution in [0, 0.1) is 0 Å². The zero-order chi connectivity index (χ0) is 41.0. The number of hydrogen-bond acceptors (Lipinski definition) is 1. The van der Waals surface area contributed by atoms with E-state index in [0.717, 1.165) is 28.3 Å². The van der Waals surface area contributed by atoms with Crippen molar-refractivity contribution in [3.05, 3.63) is 243 Å². The average molecular weight is 789 g/mol. The van der Waals surface area contributed by atoms with Crippen LogP contribution in [-0.4, -0.2) is 4.57 Å². The predicted molar refractivity (Wildman–Crippen MR) is 264 cm³/mol. The van der Waals surface area contributed by atoms with Gasteiger partial charge in [-0.05, 0) is 121 Å². The largest absolute Gasteiger partial charge is 0.310 e. The summed E-state index contributed by atoms with van der Waals surface area (Å²) >= 11 is 0. The van der Waals surface area contributed by atoms with Gasteiger partial charge < -0.3 is 9.47 Å². The first-order chi connectivity index (χ1) is 30.7. The van der Waals surface area contributed by atoms with Crippen LogP contribution in [0.3, 0.4) is 0 Å². The molecule has 62 heavy (non-hydrogen) atoms. The van der Waals surface area contributed by atoms with Gasteiger partial charge in [-0.2, -0.15) is 0 Å². The zero-order valence-corrected chi connectivity index (χ0v) is 34.0. The minimum absolute atomic E-state index is 1.09. The topological polar surface area (TPSA) is 8.17 Å². The second-order valence-electron chi connectivity index (χ2n) is 16.1. The summed E-state index contributed by atoms with van der Waals surface area (Å²) in [4.78, 5) is 2.41. The van der Waals surface area contributed by atoms with Gasteiger partial charge in [0, 0.05) is 39.1 Å². The number of anilines is 3. The monoisotopic (exact) mass is 788 g/mol. The summed E-state index contributed by atoms with van der Waals surface area (Å²) in [5, 5.41) is 9.95. The highest BCUT2D eigenvalue weighted by Crippen LogP contribution is 2.44. The van der Waals surface area contributed by atoms with Gasteiger partial charge in [-0.15, -0.1) is 0 Å². The first-order valence-electron chi connectivity index (χ1n) is 21.3. The molecule has 0 saturated heterocycles. The van der Waals surface area contributed by atoms with Crippen LogP contribution < -0.4 is 4.90 Å². The fourth-order valence-electron chi connectivity index (χ4n) is 9.62. The molecular formula is C60H40N2. The molecule has 0 saturated carbocycles. The highest BCUT2D eigenvalue weighted by Gasteiger charge is 2.21. The quantitative estimate of drug-likeness (QED) is 0.146. The van der Waals surface area contributed by atoms with Gasteiger partial charge in [0.25, 0.3) is 0 Å². The van der Waals surface area contributed by atoms with E-state index in [2.05, 4.69) is 252 Å². The number of nitrogens with zero attached hydrogens (tertiary/aromatic N) is 2. The van der Waals surface area contributed by atoms with Gasteiger partial charge in [-0.1, -0.05) is 182 Å². The summed E-state index contributed by atoms with van der Waals surface area (Å²) in [6.45, 7) is 0. The van der Waals surface area contributed by atoms with Gasteiger partial charge in [0.15, 0.2) is 0 Å². The molecule has 0 radical (unpaired) electrons. The molecule has 0 spiro atoms. The molecule has 0 amide bonds. The Balaban J connectivity index is 1.04. The predicted octanol–water partition coefficient (Wildman–Crippen LogP) is 16.7. The smallest absolute Gasteiger partial charge is 0.0619 e. The minimum atomic E-state index is 1.09. The molecular weight excluding hydrogens is 749 g/mol. The van der Waals surface area contributed by atoms with E-state index in [1.165, 1.54) is 81.9 Å². The molecule has 1 heterocycles.